The number of alkyl halides is 2. The number of halogens is 4. The Kier molecular flexibility index (Phi) is 3.02. The summed E-state index contributed by atoms with van der Waals surface area (Å²) in [5.74, 6) is -2.53. The molecule has 1 aromatic heterocycles. The minimum atomic E-state index is -3.18. The van der Waals surface area contributed by atoms with Crippen molar-refractivity contribution in [3.8, 4) is 6.07 Å². The molecule has 74 valence electrons. The van der Waals surface area contributed by atoms with Crippen LogP contribution in [0.3, 0.4) is 0 Å². The molecule has 0 atom stereocenters. The maximum atomic E-state index is 12.9. The van der Waals surface area contributed by atoms with E-state index >= 15 is 0 Å². The minimum Gasteiger partial charge on any atom is -0.225 e. The first-order valence-corrected chi connectivity index (χ1v) is 3.55. The van der Waals surface area contributed by atoms with E-state index in [1.54, 1.807) is 0 Å². The van der Waals surface area contributed by atoms with E-state index in [2.05, 4.69) is 4.98 Å². The van der Waals surface area contributed by atoms with E-state index in [1.165, 1.54) is 6.07 Å². The summed E-state index contributed by atoms with van der Waals surface area (Å²) in [4.78, 5) is 2.81. The van der Waals surface area contributed by atoms with Crippen molar-refractivity contribution < 1.29 is 17.6 Å². The van der Waals surface area contributed by atoms with Crippen molar-refractivity contribution in [2.24, 2.45) is 0 Å². The predicted molar refractivity (Wildman–Crippen MR) is 38.4 cm³/mol. The van der Waals surface area contributed by atoms with E-state index in [-0.39, 0.29) is 0 Å². The van der Waals surface area contributed by atoms with Crippen LogP contribution in [0, 0.1) is 23.1 Å². The first kappa shape index (κ1) is 10.4. The Balaban J connectivity index is 3.35. The zero-order valence-electron chi connectivity index (χ0n) is 6.77. The molecule has 0 aliphatic rings. The molecule has 14 heavy (non-hydrogen) atoms. The van der Waals surface area contributed by atoms with Crippen molar-refractivity contribution in [3.63, 3.8) is 0 Å². The van der Waals surface area contributed by atoms with Crippen LogP contribution in [0.2, 0.25) is 0 Å². The number of nitrogens with zero attached hydrogens (tertiary/aromatic N) is 2. The molecule has 0 aliphatic heterocycles. The highest BCUT2D eigenvalue weighted by molar-refractivity contribution is 5.29. The molecule has 1 heterocycles. The van der Waals surface area contributed by atoms with Crippen LogP contribution in [-0.4, -0.2) is 4.98 Å². The zero-order valence-corrected chi connectivity index (χ0v) is 6.77. The summed E-state index contributed by atoms with van der Waals surface area (Å²) in [7, 11) is 0. The van der Waals surface area contributed by atoms with Gasteiger partial charge in [-0.1, -0.05) is 0 Å². The predicted octanol–water partition coefficient (Wildman–Crippen LogP) is 2.36. The largest absolute Gasteiger partial charge is 0.268 e. The lowest BCUT2D eigenvalue weighted by molar-refractivity contribution is 0.143. The van der Waals surface area contributed by atoms with Gasteiger partial charge in [-0.05, 0) is 0 Å². The van der Waals surface area contributed by atoms with E-state index in [4.69, 9.17) is 5.26 Å². The van der Waals surface area contributed by atoms with Crippen molar-refractivity contribution >= 4 is 0 Å². The molecule has 0 saturated heterocycles. The van der Waals surface area contributed by atoms with Crippen molar-refractivity contribution in [3.05, 3.63) is 29.1 Å². The molecule has 0 saturated carbocycles. The van der Waals surface area contributed by atoms with Gasteiger partial charge in [-0.25, -0.2) is 18.2 Å². The molecule has 2 nitrogen and oxygen atoms in total. The van der Waals surface area contributed by atoms with Crippen molar-refractivity contribution in [2.75, 3.05) is 0 Å². The van der Waals surface area contributed by atoms with Crippen molar-refractivity contribution in [1.29, 1.82) is 5.26 Å². The SMILES string of the molecule is N#CCc1c(F)cnc(F)c1C(F)F. The van der Waals surface area contributed by atoms with Crippen LogP contribution in [0.5, 0.6) is 0 Å². The van der Waals surface area contributed by atoms with Crippen LogP contribution in [0.25, 0.3) is 0 Å². The molecule has 0 aliphatic carbocycles. The van der Waals surface area contributed by atoms with E-state index in [9.17, 15) is 17.6 Å². The molecular formula is C8H4F4N2. The fraction of sp³-hybridized carbons (Fsp3) is 0.250. The van der Waals surface area contributed by atoms with Crippen LogP contribution < -0.4 is 0 Å². The normalized spacial score (nSPS) is 10.3. The number of rotatable bonds is 2. The van der Waals surface area contributed by atoms with Gasteiger partial charge in [0.2, 0.25) is 5.95 Å². The highest BCUT2D eigenvalue weighted by Crippen LogP contribution is 2.26. The van der Waals surface area contributed by atoms with Gasteiger partial charge in [0.15, 0.2) is 0 Å². The Hall–Kier alpha value is -1.64. The summed E-state index contributed by atoms with van der Waals surface area (Å²) >= 11 is 0. The standard InChI is InChI=1S/C8H4F4N2/c9-5-3-14-8(12)6(7(10)11)4(5)1-2-13/h3,7H,1H2. The number of hydrogen-bond acceptors (Lipinski definition) is 2. The molecule has 0 amide bonds. The van der Waals surface area contributed by atoms with Gasteiger partial charge >= 0.3 is 0 Å². The van der Waals surface area contributed by atoms with E-state index in [0.717, 1.165) is 0 Å². The summed E-state index contributed by atoms with van der Waals surface area (Å²) in [5, 5.41) is 8.24. The molecule has 0 N–H and O–H groups in total. The molecule has 0 radical (unpaired) electrons. The maximum absolute atomic E-state index is 12.9. The van der Waals surface area contributed by atoms with E-state index in [0.29, 0.717) is 6.20 Å². The second-order valence-electron chi connectivity index (χ2n) is 2.42. The van der Waals surface area contributed by atoms with Crippen LogP contribution in [0.15, 0.2) is 6.20 Å². The first-order valence-electron chi connectivity index (χ1n) is 3.55. The highest BCUT2D eigenvalue weighted by Gasteiger charge is 2.22. The second kappa shape index (κ2) is 4.05. The third-order valence-electron chi connectivity index (χ3n) is 1.60. The smallest absolute Gasteiger partial charge is 0.225 e. The number of aromatic nitrogens is 1. The Morgan fingerprint density at radius 3 is 2.57 bits per heavy atom. The summed E-state index contributed by atoms with van der Waals surface area (Å²) in [6.07, 6.45) is -3.31. The lowest BCUT2D eigenvalue weighted by Gasteiger charge is -2.06. The molecule has 0 aromatic carbocycles. The summed E-state index contributed by atoms with van der Waals surface area (Å²) in [6, 6.07) is 1.48. The van der Waals surface area contributed by atoms with Crippen LogP contribution >= 0.6 is 0 Å². The fourth-order valence-corrected chi connectivity index (χ4v) is 0.994. The number of hydrogen-bond donors (Lipinski definition) is 0. The Labute approximate surface area is 76.8 Å². The Bertz CT molecular complexity index is 384. The average molecular weight is 204 g/mol. The fourth-order valence-electron chi connectivity index (χ4n) is 0.994. The van der Waals surface area contributed by atoms with Gasteiger partial charge < -0.3 is 0 Å². The van der Waals surface area contributed by atoms with Gasteiger partial charge in [0.1, 0.15) is 5.82 Å². The minimum absolute atomic E-state index is 0.480. The topological polar surface area (TPSA) is 36.7 Å². The van der Waals surface area contributed by atoms with Gasteiger partial charge in [0.25, 0.3) is 6.43 Å². The summed E-state index contributed by atoms with van der Waals surface area (Å²) in [6.45, 7) is 0. The summed E-state index contributed by atoms with van der Waals surface area (Å²) in [5.41, 5.74) is -1.76. The van der Waals surface area contributed by atoms with Gasteiger partial charge in [-0.3, -0.25) is 0 Å². The van der Waals surface area contributed by atoms with Gasteiger partial charge in [0.05, 0.1) is 24.3 Å². The molecule has 0 unspecified atom stereocenters. The highest BCUT2D eigenvalue weighted by atomic mass is 19.3. The lowest BCUT2D eigenvalue weighted by atomic mass is 10.1. The van der Waals surface area contributed by atoms with Gasteiger partial charge in [-0.15, -0.1) is 0 Å². The zero-order chi connectivity index (χ0) is 10.7. The van der Waals surface area contributed by atoms with Crippen molar-refractivity contribution in [2.45, 2.75) is 12.8 Å². The van der Waals surface area contributed by atoms with Gasteiger partial charge in [0, 0.05) is 5.56 Å². The van der Waals surface area contributed by atoms with E-state index in [1.807, 2.05) is 0 Å². The van der Waals surface area contributed by atoms with Crippen molar-refractivity contribution in [1.82, 2.24) is 4.98 Å². The molecular weight excluding hydrogens is 200 g/mol. The lowest BCUT2D eigenvalue weighted by Crippen LogP contribution is -2.04. The average Bonchev–Trinajstić information content (AvgIpc) is 2.11. The summed E-state index contributed by atoms with van der Waals surface area (Å²) < 4.78 is 50.1. The van der Waals surface area contributed by atoms with E-state index < -0.39 is 35.7 Å². The van der Waals surface area contributed by atoms with Crippen LogP contribution in [0.1, 0.15) is 17.6 Å². The first-order chi connectivity index (χ1) is 6.57. The number of nitriles is 1. The maximum Gasteiger partial charge on any atom is 0.268 e. The molecule has 6 heteroatoms. The molecule has 0 bridgehead atoms. The van der Waals surface area contributed by atoms with Crippen LogP contribution in [-0.2, 0) is 6.42 Å². The van der Waals surface area contributed by atoms with Crippen LogP contribution in [0.4, 0.5) is 17.6 Å². The molecule has 0 spiro atoms. The van der Waals surface area contributed by atoms with Gasteiger partial charge in [-0.2, -0.15) is 9.65 Å². The Morgan fingerprint density at radius 2 is 2.07 bits per heavy atom. The molecule has 1 aromatic rings. The number of pyridine rings is 1. The third-order valence-corrected chi connectivity index (χ3v) is 1.60. The molecule has 0 fully saturated rings. The molecule has 1 rings (SSSR count). The third kappa shape index (κ3) is 1.82. The second-order valence-corrected chi connectivity index (χ2v) is 2.42. The quantitative estimate of drug-likeness (QED) is 0.547. The Morgan fingerprint density at radius 1 is 1.43 bits per heavy atom. The monoisotopic (exact) mass is 204 g/mol.